The molecule has 340 valence electrons. The maximum absolute atomic E-state index is 17.4. The quantitative estimate of drug-likeness (QED) is 0.0820. The minimum absolute atomic E-state index is 0.000224. The molecule has 3 atom stereocenters. The van der Waals surface area contributed by atoms with Gasteiger partial charge in [0.05, 0.1) is 40.9 Å². The summed E-state index contributed by atoms with van der Waals surface area (Å²) in [7, 11) is 0. The fourth-order valence-electron chi connectivity index (χ4n) is 8.75. The van der Waals surface area contributed by atoms with Crippen LogP contribution in [0.4, 0.5) is 37.6 Å². The smallest absolute Gasteiger partial charge is 0.417 e. The molecule has 2 bridgehead atoms. The van der Waals surface area contributed by atoms with Gasteiger partial charge in [-0.15, -0.1) is 11.3 Å². The molecule has 2 aromatic carbocycles. The van der Waals surface area contributed by atoms with Gasteiger partial charge >= 0.3 is 24.2 Å². The number of likely N-dealkylation sites (tertiary alicyclic amines) is 1. The summed E-state index contributed by atoms with van der Waals surface area (Å²) in [6.07, 6.45) is -1.94. The number of carbonyl (C=O) groups is 2. The Hall–Kier alpha value is -5.06. The van der Waals surface area contributed by atoms with Crippen LogP contribution < -0.4 is 15.4 Å². The number of carbonyl (C=O) groups excluding carboxylic acids is 2. The van der Waals surface area contributed by atoms with E-state index in [4.69, 9.17) is 24.7 Å². The lowest BCUT2D eigenvalue weighted by molar-refractivity contribution is -0.156. The number of alkyl halides is 3. The number of esters is 1. The molecule has 63 heavy (non-hydrogen) atoms. The van der Waals surface area contributed by atoms with Crippen LogP contribution in [0.2, 0.25) is 0 Å². The summed E-state index contributed by atoms with van der Waals surface area (Å²) < 4.78 is 101. The van der Waals surface area contributed by atoms with E-state index in [1.54, 1.807) is 51.3 Å². The number of nitrogens with two attached hydrogens (primary N) is 1. The maximum Gasteiger partial charge on any atom is 0.417 e. The van der Waals surface area contributed by atoms with Crippen LogP contribution >= 0.6 is 11.3 Å². The first kappa shape index (κ1) is 45.9. The van der Waals surface area contributed by atoms with E-state index in [2.05, 4.69) is 14.9 Å². The van der Waals surface area contributed by atoms with Crippen LogP contribution in [0.3, 0.4) is 0 Å². The van der Waals surface area contributed by atoms with Crippen molar-refractivity contribution in [3.05, 3.63) is 41.0 Å². The molecule has 5 heterocycles. The number of benzene rings is 2. The van der Waals surface area contributed by atoms with E-state index in [0.717, 1.165) is 37.6 Å². The van der Waals surface area contributed by atoms with Crippen molar-refractivity contribution in [2.45, 2.75) is 116 Å². The first-order valence-electron chi connectivity index (χ1n) is 21.1. The van der Waals surface area contributed by atoms with Crippen molar-refractivity contribution in [1.82, 2.24) is 19.8 Å². The number of rotatable bonds is 12. The van der Waals surface area contributed by atoms with Crippen molar-refractivity contribution in [1.29, 1.82) is 5.26 Å². The number of aromatic nitrogens is 2. The van der Waals surface area contributed by atoms with Crippen molar-refractivity contribution in [2.75, 3.05) is 56.6 Å². The Morgan fingerprint density at radius 3 is 2.33 bits per heavy atom. The number of ether oxygens (including phenoxy) is 4. The first-order chi connectivity index (χ1) is 29.6. The fourth-order valence-corrected chi connectivity index (χ4v) is 9.70. The number of piperazine rings is 1. The lowest BCUT2D eigenvalue weighted by Gasteiger charge is -2.42. The topological polar surface area (TPSA) is 156 Å². The maximum atomic E-state index is 17.4. The molecule has 0 spiro atoms. The molecule has 0 saturated carbocycles. The zero-order valence-electron chi connectivity index (χ0n) is 36.2. The third kappa shape index (κ3) is 10.0. The van der Waals surface area contributed by atoms with Crippen LogP contribution in [0.25, 0.3) is 32.1 Å². The second-order valence-electron chi connectivity index (χ2n) is 18.2. The number of anilines is 2. The molecule has 0 unspecified atom stereocenters. The highest BCUT2D eigenvalue weighted by Crippen LogP contribution is 2.48. The van der Waals surface area contributed by atoms with Gasteiger partial charge in [-0.2, -0.15) is 28.4 Å². The van der Waals surface area contributed by atoms with Crippen LogP contribution in [-0.2, 0) is 25.2 Å². The van der Waals surface area contributed by atoms with Gasteiger partial charge in [0.15, 0.2) is 5.82 Å². The third-order valence-corrected chi connectivity index (χ3v) is 12.3. The number of nitrogens with zero attached hydrogens (tertiary/aromatic N) is 6. The van der Waals surface area contributed by atoms with E-state index in [1.165, 1.54) is 0 Å². The average Bonchev–Trinajstić information content (AvgIpc) is 3.86. The predicted molar refractivity (Wildman–Crippen MR) is 227 cm³/mol. The van der Waals surface area contributed by atoms with Crippen LogP contribution in [0, 0.1) is 23.0 Å². The zero-order chi connectivity index (χ0) is 45.6. The first-order valence-corrected chi connectivity index (χ1v) is 21.9. The summed E-state index contributed by atoms with van der Waals surface area (Å²) >= 11 is 0.685. The van der Waals surface area contributed by atoms with Gasteiger partial charge in [-0.05, 0) is 97.9 Å². The Labute approximate surface area is 366 Å². The number of amides is 1. The van der Waals surface area contributed by atoms with Crippen LogP contribution in [-0.4, -0.2) is 107 Å². The lowest BCUT2D eigenvalue weighted by atomic mass is 9.92. The molecule has 0 aliphatic carbocycles. The summed E-state index contributed by atoms with van der Waals surface area (Å²) in [5.74, 6) is -2.52. The van der Waals surface area contributed by atoms with E-state index >= 15 is 22.0 Å². The van der Waals surface area contributed by atoms with Crippen molar-refractivity contribution >= 4 is 55.2 Å². The molecule has 19 heteroatoms. The third-order valence-electron chi connectivity index (χ3n) is 11.3. The van der Waals surface area contributed by atoms with Gasteiger partial charge in [0.25, 0.3) is 0 Å². The van der Waals surface area contributed by atoms with Gasteiger partial charge in [-0.25, -0.2) is 13.6 Å². The van der Waals surface area contributed by atoms with E-state index < -0.39 is 51.7 Å². The molecule has 2 aromatic heterocycles. The molecule has 13 nitrogen and oxygen atoms in total. The van der Waals surface area contributed by atoms with Crippen molar-refractivity contribution in [3.63, 3.8) is 0 Å². The number of fused-ring (bicyclic) bond motifs is 4. The molecule has 1 amide bonds. The molecule has 3 aliphatic heterocycles. The van der Waals surface area contributed by atoms with Gasteiger partial charge in [0.2, 0.25) is 0 Å². The molecular formula is C44H52F5N7O6S. The van der Waals surface area contributed by atoms with Crippen molar-refractivity contribution in [2.24, 2.45) is 0 Å². The van der Waals surface area contributed by atoms with Crippen molar-refractivity contribution < 1.29 is 50.5 Å². The minimum Gasteiger partial charge on any atom is -0.462 e. The molecule has 3 fully saturated rings. The molecule has 3 saturated heterocycles. The van der Waals surface area contributed by atoms with Gasteiger partial charge in [0.1, 0.15) is 46.0 Å². The monoisotopic (exact) mass is 901 g/mol. The highest BCUT2D eigenvalue weighted by molar-refractivity contribution is 7.23. The Balaban J connectivity index is 1.22. The van der Waals surface area contributed by atoms with Gasteiger partial charge in [-0.3, -0.25) is 14.6 Å². The minimum atomic E-state index is -5.13. The largest absolute Gasteiger partial charge is 0.462 e. The predicted octanol–water partition coefficient (Wildman–Crippen LogP) is 8.83. The van der Waals surface area contributed by atoms with Gasteiger partial charge in [-0.1, -0.05) is 6.07 Å². The summed E-state index contributed by atoms with van der Waals surface area (Å²) in [6, 6.07) is 3.49. The number of nitrogen functional groups attached to an aromatic ring is 1. The second-order valence-corrected chi connectivity index (χ2v) is 19.3. The van der Waals surface area contributed by atoms with Gasteiger partial charge < -0.3 is 29.6 Å². The summed E-state index contributed by atoms with van der Waals surface area (Å²) in [5, 5.41) is 9.35. The molecule has 7 rings (SSSR count). The number of hydrogen-bond donors (Lipinski definition) is 1. The Kier molecular flexibility index (Phi) is 13.0. The molecule has 2 N–H and O–H groups in total. The fraction of sp³-hybridized carbons (Fsp3) is 0.568. The van der Waals surface area contributed by atoms with E-state index in [0.29, 0.717) is 43.8 Å². The summed E-state index contributed by atoms with van der Waals surface area (Å²) in [5.41, 5.74) is 1.29. The highest BCUT2D eigenvalue weighted by Gasteiger charge is 2.46. The number of hydrogen-bond acceptors (Lipinski definition) is 13. The van der Waals surface area contributed by atoms with E-state index in [1.807, 2.05) is 6.07 Å². The number of halogens is 5. The van der Waals surface area contributed by atoms with Crippen LogP contribution in [0.15, 0.2) is 18.2 Å². The average molecular weight is 902 g/mol. The molecular weight excluding hydrogens is 850 g/mol. The number of thiophene rings is 1. The summed E-state index contributed by atoms with van der Waals surface area (Å²) in [4.78, 5) is 40.1. The Morgan fingerprint density at radius 2 is 1.68 bits per heavy atom. The van der Waals surface area contributed by atoms with Crippen molar-refractivity contribution in [3.8, 4) is 23.2 Å². The van der Waals surface area contributed by atoms with E-state index in [-0.39, 0.29) is 100 Å². The van der Waals surface area contributed by atoms with Crippen LogP contribution in [0.1, 0.15) is 91.2 Å². The molecule has 0 radical (unpaired) electrons. The lowest BCUT2D eigenvalue weighted by Crippen LogP contribution is -2.57. The summed E-state index contributed by atoms with van der Waals surface area (Å²) in [6.45, 7) is 13.2. The van der Waals surface area contributed by atoms with Gasteiger partial charge in [0, 0.05) is 48.6 Å². The Bertz CT molecular complexity index is 2410. The van der Waals surface area contributed by atoms with E-state index in [9.17, 15) is 14.9 Å². The second kappa shape index (κ2) is 17.8. The van der Waals surface area contributed by atoms with Crippen LogP contribution in [0.5, 0.6) is 6.01 Å². The molecule has 3 aliphatic rings. The Morgan fingerprint density at radius 1 is 0.984 bits per heavy atom. The highest BCUT2D eigenvalue weighted by atomic mass is 32.1. The zero-order valence-corrected chi connectivity index (χ0v) is 37.0. The molecule has 4 aromatic rings. The number of nitriles is 1. The normalized spacial score (nSPS) is 19.6. The SMILES string of the molecule is CC(C)(C)OC(=O)CCOCCCN1CCC[C@H]1COc1nc(N2C[C@H]3CC[C@H](C2)N3C(=O)OC(C)(C)C)c2cc(C(F)(F)F)c(-c3ccc(F)c4sc(N)c(C#N)c34)c(F)c2n1. The standard InChI is InChI=1S/C44H52F5N7O6S/c1-42(2,3)61-32(57)14-18-59-17-8-16-54-15-7-9-26(54)23-60-40-52-36-28(39(53-40)55-21-24-10-11-25(22-55)56(24)41(58)62-43(4,5)6)19-30(44(47,48)49)34(35(36)46)27-12-13-31(45)37-33(27)29(20-50)38(51)63-37/h12-13,19,24-26H,7-11,14-18,21-23,51H2,1-6H3/t24-,25-,26+/m1/s1.